The molecule has 1 aliphatic carbocycles. The molecule has 1 aliphatic rings. The van der Waals surface area contributed by atoms with Crippen molar-refractivity contribution >= 4 is 56.7 Å². The molecule has 0 saturated heterocycles. The zero-order chi connectivity index (χ0) is 12.7. The van der Waals surface area contributed by atoms with E-state index < -0.39 is 44.4 Å². The van der Waals surface area contributed by atoms with Gasteiger partial charge in [0.1, 0.15) is 36.6 Å². The molecule has 9 nitrogen and oxygen atoms in total. The zero-order valence-electron chi connectivity index (χ0n) is 8.49. The second-order valence-electron chi connectivity index (χ2n) is 3.47. The molecule has 4 unspecified atom stereocenters. The van der Waals surface area contributed by atoms with Crippen LogP contribution < -0.4 is 9.79 Å². The Labute approximate surface area is 136 Å². The summed E-state index contributed by atoms with van der Waals surface area (Å²) in [5, 5.41) is 45.9. The van der Waals surface area contributed by atoms with Crippen LogP contribution in [0, 0.1) is 0 Å². The summed E-state index contributed by atoms with van der Waals surface area (Å²) in [5.41, 5.74) is 0. The van der Waals surface area contributed by atoms with Crippen molar-refractivity contribution in [1.29, 1.82) is 0 Å². The van der Waals surface area contributed by atoms with Crippen LogP contribution in [-0.2, 0) is 9.09 Å². The van der Waals surface area contributed by atoms with E-state index in [-0.39, 0.29) is 48.9 Å². The molecule has 4 atom stereocenters. The van der Waals surface area contributed by atoms with Crippen LogP contribution in [-0.4, -0.2) is 111 Å². The van der Waals surface area contributed by atoms with Gasteiger partial charge in [-0.15, -0.1) is 0 Å². The number of aliphatic hydroxyl groups excluding tert-OH is 5. The number of phosphoric ester groups is 1. The SMILES string of the molecule is O=P([O-])([O-])OC1C(O)C(O)C(O)C(O)C1O.[Ba+2]. The maximum Gasteiger partial charge on any atom is 2.00 e. The fraction of sp³-hybridized carbons (Fsp3) is 1.00. The van der Waals surface area contributed by atoms with Crippen LogP contribution >= 0.6 is 7.82 Å². The van der Waals surface area contributed by atoms with Crippen molar-refractivity contribution < 1.29 is 44.4 Å². The molecule has 0 amide bonds. The first-order valence-corrected chi connectivity index (χ1v) is 5.72. The fourth-order valence-electron chi connectivity index (χ4n) is 1.47. The number of aliphatic hydroxyl groups is 5. The van der Waals surface area contributed by atoms with E-state index in [2.05, 4.69) is 4.52 Å². The van der Waals surface area contributed by atoms with Gasteiger partial charge in [-0.05, 0) is 0 Å². The largest absolute Gasteiger partial charge is 2.00 e. The molecule has 0 aromatic heterocycles. The second-order valence-corrected chi connectivity index (χ2v) is 4.58. The van der Waals surface area contributed by atoms with Crippen molar-refractivity contribution in [2.24, 2.45) is 0 Å². The van der Waals surface area contributed by atoms with Gasteiger partial charge in [0.2, 0.25) is 0 Å². The second kappa shape index (κ2) is 6.77. The summed E-state index contributed by atoms with van der Waals surface area (Å²) in [6, 6.07) is 0. The molecule has 0 heterocycles. The van der Waals surface area contributed by atoms with Crippen molar-refractivity contribution in [3.63, 3.8) is 0 Å². The summed E-state index contributed by atoms with van der Waals surface area (Å²) in [5.74, 6) is 0. The Bertz CT molecular complexity index is 279. The minimum absolute atomic E-state index is 0. The molecule has 1 saturated carbocycles. The van der Waals surface area contributed by atoms with E-state index in [1.807, 2.05) is 0 Å². The van der Waals surface area contributed by atoms with E-state index in [0.717, 1.165) is 0 Å². The minimum atomic E-state index is -5.51. The summed E-state index contributed by atoms with van der Waals surface area (Å²) >= 11 is 0. The third kappa shape index (κ3) is 4.51. The number of hydrogen-bond donors (Lipinski definition) is 5. The van der Waals surface area contributed by atoms with Crippen LogP contribution in [0.2, 0.25) is 0 Å². The summed E-state index contributed by atoms with van der Waals surface area (Å²) in [6.07, 6.45) is -11.8. The van der Waals surface area contributed by atoms with Gasteiger partial charge in [-0.1, -0.05) is 0 Å². The Morgan fingerprint density at radius 1 is 0.824 bits per heavy atom. The molecule has 0 aromatic carbocycles. The van der Waals surface area contributed by atoms with E-state index in [1.165, 1.54) is 0 Å². The Morgan fingerprint density at radius 3 is 1.41 bits per heavy atom. The molecule has 0 aromatic rings. The standard InChI is InChI=1S/C6H13O9P.Ba/c7-1-2(8)4(10)6(5(11)3(1)9)15-16(12,13)14;/h1-11H,(H2,12,13,14);/q;+2/p-2. The average Bonchev–Trinajstić information content (AvgIpc) is 2.17. The first-order valence-electron chi connectivity index (χ1n) is 4.26. The van der Waals surface area contributed by atoms with Crippen molar-refractivity contribution in [2.75, 3.05) is 0 Å². The van der Waals surface area contributed by atoms with E-state index in [1.54, 1.807) is 0 Å². The molecule has 0 aliphatic heterocycles. The maximum absolute atomic E-state index is 10.3. The average molecular weight is 395 g/mol. The van der Waals surface area contributed by atoms with Crippen LogP contribution in [0.5, 0.6) is 0 Å². The Hall–Kier alpha value is 1.48. The van der Waals surface area contributed by atoms with Gasteiger partial charge in [-0.2, -0.15) is 0 Å². The third-order valence-corrected chi connectivity index (χ3v) is 2.83. The molecule has 1 rings (SSSR count). The Balaban J connectivity index is 0.00000256. The molecule has 0 spiro atoms. The predicted octanol–water partition coefficient (Wildman–Crippen LogP) is -5.36. The van der Waals surface area contributed by atoms with E-state index >= 15 is 0 Å². The van der Waals surface area contributed by atoms with Crippen LogP contribution in [0.15, 0.2) is 0 Å². The molecule has 1 fully saturated rings. The number of rotatable bonds is 2. The van der Waals surface area contributed by atoms with Crippen molar-refractivity contribution in [3.05, 3.63) is 0 Å². The molecular formula is C6H11BaO9P. The topological polar surface area (TPSA) is 174 Å². The normalized spacial score (nSPS) is 43.0. The maximum atomic E-state index is 10.3. The summed E-state index contributed by atoms with van der Waals surface area (Å²) in [6.45, 7) is 0. The van der Waals surface area contributed by atoms with Gasteiger partial charge in [0.15, 0.2) is 0 Å². The smallest absolute Gasteiger partial charge is 0.790 e. The van der Waals surface area contributed by atoms with Gasteiger partial charge in [0.25, 0.3) is 0 Å². The van der Waals surface area contributed by atoms with Crippen LogP contribution in [0.3, 0.4) is 0 Å². The Morgan fingerprint density at radius 2 is 1.12 bits per heavy atom. The zero-order valence-corrected chi connectivity index (χ0v) is 13.8. The predicted molar refractivity (Wildman–Crippen MR) is 48.3 cm³/mol. The minimum Gasteiger partial charge on any atom is -0.790 e. The fourth-order valence-corrected chi connectivity index (χ4v) is 2.02. The van der Waals surface area contributed by atoms with Crippen molar-refractivity contribution in [1.82, 2.24) is 0 Å². The summed E-state index contributed by atoms with van der Waals surface area (Å²) in [7, 11) is -5.51. The molecule has 11 heteroatoms. The Kier molecular flexibility index (Phi) is 7.36. The number of hydrogen-bond acceptors (Lipinski definition) is 9. The molecule has 17 heavy (non-hydrogen) atoms. The van der Waals surface area contributed by atoms with Gasteiger partial charge in [-0.25, -0.2) is 0 Å². The molecular weight excluding hydrogens is 384 g/mol. The van der Waals surface area contributed by atoms with Gasteiger partial charge in [-0.3, -0.25) is 0 Å². The summed E-state index contributed by atoms with van der Waals surface area (Å²) < 4.78 is 14.1. The van der Waals surface area contributed by atoms with E-state index in [9.17, 15) is 24.6 Å². The summed E-state index contributed by atoms with van der Waals surface area (Å²) in [4.78, 5) is 20.6. The van der Waals surface area contributed by atoms with Crippen LogP contribution in [0.1, 0.15) is 0 Å². The third-order valence-electron chi connectivity index (χ3n) is 2.32. The van der Waals surface area contributed by atoms with Crippen molar-refractivity contribution in [3.8, 4) is 0 Å². The van der Waals surface area contributed by atoms with E-state index in [4.69, 9.17) is 15.3 Å². The molecule has 96 valence electrons. The van der Waals surface area contributed by atoms with Crippen molar-refractivity contribution in [2.45, 2.75) is 36.6 Å². The monoisotopic (exact) mass is 396 g/mol. The molecule has 5 N–H and O–H groups in total. The van der Waals surface area contributed by atoms with Gasteiger partial charge in [0.05, 0.1) is 7.82 Å². The van der Waals surface area contributed by atoms with E-state index in [0.29, 0.717) is 0 Å². The number of phosphoric acid groups is 1. The molecule has 0 radical (unpaired) electrons. The van der Waals surface area contributed by atoms with Gasteiger partial charge < -0.3 is 44.4 Å². The molecule has 0 bridgehead atoms. The van der Waals surface area contributed by atoms with Crippen LogP contribution in [0.4, 0.5) is 0 Å². The quantitative estimate of drug-likeness (QED) is 0.226. The van der Waals surface area contributed by atoms with Crippen LogP contribution in [0.25, 0.3) is 0 Å². The first-order chi connectivity index (χ1) is 7.15. The van der Waals surface area contributed by atoms with Gasteiger partial charge in [0, 0.05) is 0 Å². The first kappa shape index (κ1) is 18.5. The van der Waals surface area contributed by atoms with Gasteiger partial charge >= 0.3 is 48.9 Å².